The molecule has 0 aliphatic rings. The standard InChI is InChI=1S/C30H42BrN7O7/c1-36-10-4-7-24(36)29(41)34-23-18-26(38(3)21-23)30(42)35-22-17-25(37(2)20-22)28(40)33-9-6-12-44-14-16-45-15-13-43-11-5-8-32-27(39)19-31/h4,7,10,17-18,20-21H,5-6,8-9,11-16,19H2,1-3H3,(H,32,39)(H,33,40)(H,34,41)(H,35,42). The molecule has 3 rings (SSSR count). The van der Waals surface area contributed by atoms with E-state index in [1.165, 1.54) is 0 Å². The summed E-state index contributed by atoms with van der Waals surface area (Å²) in [5, 5.41) is 11.5. The molecule has 0 saturated carbocycles. The molecule has 0 bridgehead atoms. The molecule has 3 heterocycles. The molecule has 4 amide bonds. The van der Waals surface area contributed by atoms with Gasteiger partial charge < -0.3 is 49.2 Å². The second-order valence-electron chi connectivity index (χ2n) is 10.1. The Kier molecular flexibility index (Phi) is 14.8. The summed E-state index contributed by atoms with van der Waals surface area (Å²) >= 11 is 3.09. The molecule has 0 unspecified atom stereocenters. The summed E-state index contributed by atoms with van der Waals surface area (Å²) < 4.78 is 21.4. The highest BCUT2D eigenvalue weighted by Crippen LogP contribution is 2.18. The third kappa shape index (κ3) is 11.8. The first-order valence-corrected chi connectivity index (χ1v) is 15.7. The number of amides is 4. The molecule has 0 aliphatic heterocycles. The van der Waals surface area contributed by atoms with Crippen molar-refractivity contribution in [3.8, 4) is 0 Å². The molecule has 246 valence electrons. The van der Waals surface area contributed by atoms with Crippen molar-refractivity contribution in [2.24, 2.45) is 21.1 Å². The van der Waals surface area contributed by atoms with Gasteiger partial charge in [-0.2, -0.15) is 0 Å². The van der Waals surface area contributed by atoms with Crippen LogP contribution in [0.3, 0.4) is 0 Å². The number of halogens is 1. The maximum Gasteiger partial charge on any atom is 0.272 e. The first kappa shape index (κ1) is 35.6. The minimum Gasteiger partial charge on any atom is -0.379 e. The second-order valence-corrected chi connectivity index (χ2v) is 10.7. The molecule has 3 aromatic heterocycles. The molecule has 0 spiro atoms. The van der Waals surface area contributed by atoms with Crippen LogP contribution in [-0.2, 0) is 40.1 Å². The highest BCUT2D eigenvalue weighted by molar-refractivity contribution is 9.09. The van der Waals surface area contributed by atoms with Crippen molar-refractivity contribution in [2.45, 2.75) is 12.8 Å². The molecule has 0 atom stereocenters. The zero-order valence-electron chi connectivity index (χ0n) is 25.9. The van der Waals surface area contributed by atoms with Crippen LogP contribution in [0.5, 0.6) is 0 Å². The van der Waals surface area contributed by atoms with Gasteiger partial charge in [0.1, 0.15) is 17.1 Å². The number of carbonyl (C=O) groups excluding carboxylic acids is 4. The van der Waals surface area contributed by atoms with E-state index in [0.717, 1.165) is 6.42 Å². The van der Waals surface area contributed by atoms with Gasteiger partial charge in [-0.1, -0.05) is 15.9 Å². The first-order valence-electron chi connectivity index (χ1n) is 14.6. The van der Waals surface area contributed by atoms with Gasteiger partial charge in [0.05, 0.1) is 43.1 Å². The minimum atomic E-state index is -0.379. The van der Waals surface area contributed by atoms with E-state index >= 15 is 0 Å². The molecule has 0 aliphatic carbocycles. The average molecular weight is 693 g/mol. The predicted octanol–water partition coefficient (Wildman–Crippen LogP) is 2.28. The van der Waals surface area contributed by atoms with Crippen molar-refractivity contribution < 1.29 is 33.4 Å². The van der Waals surface area contributed by atoms with Gasteiger partial charge in [0, 0.05) is 66.0 Å². The monoisotopic (exact) mass is 691 g/mol. The van der Waals surface area contributed by atoms with Crippen molar-refractivity contribution >= 4 is 50.9 Å². The Morgan fingerprint density at radius 2 is 1.16 bits per heavy atom. The van der Waals surface area contributed by atoms with Crippen molar-refractivity contribution in [2.75, 3.05) is 68.7 Å². The van der Waals surface area contributed by atoms with E-state index in [0.29, 0.717) is 92.9 Å². The van der Waals surface area contributed by atoms with Crippen LogP contribution in [0.1, 0.15) is 44.3 Å². The number of hydrogen-bond donors (Lipinski definition) is 4. The summed E-state index contributed by atoms with van der Waals surface area (Å²) in [6, 6.07) is 6.69. The summed E-state index contributed by atoms with van der Waals surface area (Å²) in [4.78, 5) is 49.2. The fraction of sp³-hybridized carbons (Fsp3) is 0.467. The first-order chi connectivity index (χ1) is 21.7. The van der Waals surface area contributed by atoms with E-state index in [9.17, 15) is 19.2 Å². The minimum absolute atomic E-state index is 0.0401. The number of carbonyl (C=O) groups is 4. The SMILES string of the molecule is Cn1cc(NC(=O)c2cc(NC(=O)c3cccn3C)cn2C)cc1C(=O)NCCCOCCOCCOCCCNC(=O)CBr. The van der Waals surface area contributed by atoms with Crippen LogP contribution < -0.4 is 21.3 Å². The van der Waals surface area contributed by atoms with Gasteiger partial charge in [0.15, 0.2) is 0 Å². The fourth-order valence-corrected chi connectivity index (χ4v) is 4.46. The van der Waals surface area contributed by atoms with Gasteiger partial charge in [-0.15, -0.1) is 0 Å². The Hall–Kier alpha value is -3.92. The molecule has 0 aromatic carbocycles. The Morgan fingerprint density at radius 3 is 1.67 bits per heavy atom. The lowest BCUT2D eigenvalue weighted by atomic mass is 10.3. The van der Waals surface area contributed by atoms with Crippen molar-refractivity contribution in [3.63, 3.8) is 0 Å². The molecule has 4 N–H and O–H groups in total. The summed E-state index contributed by atoms with van der Waals surface area (Å²) in [6.45, 7) is 3.86. The predicted molar refractivity (Wildman–Crippen MR) is 173 cm³/mol. The third-order valence-corrected chi connectivity index (χ3v) is 7.08. The van der Waals surface area contributed by atoms with Gasteiger partial charge in [-0.05, 0) is 37.1 Å². The van der Waals surface area contributed by atoms with Crippen LogP contribution in [0.2, 0.25) is 0 Å². The lowest BCUT2D eigenvalue weighted by Gasteiger charge is -2.08. The number of rotatable bonds is 20. The van der Waals surface area contributed by atoms with E-state index in [1.54, 1.807) is 77.7 Å². The number of anilines is 2. The van der Waals surface area contributed by atoms with Gasteiger partial charge in [-0.3, -0.25) is 19.2 Å². The number of ether oxygens (including phenoxy) is 3. The topological polar surface area (TPSA) is 159 Å². The van der Waals surface area contributed by atoms with Crippen LogP contribution in [0, 0.1) is 0 Å². The van der Waals surface area contributed by atoms with E-state index in [4.69, 9.17) is 14.2 Å². The van der Waals surface area contributed by atoms with Crippen molar-refractivity contribution in [1.82, 2.24) is 24.3 Å². The second kappa shape index (κ2) is 18.8. The number of aryl methyl sites for hydroxylation is 3. The molecule has 45 heavy (non-hydrogen) atoms. The highest BCUT2D eigenvalue weighted by Gasteiger charge is 2.17. The van der Waals surface area contributed by atoms with Crippen molar-refractivity contribution in [1.29, 1.82) is 0 Å². The molecule has 0 radical (unpaired) electrons. The van der Waals surface area contributed by atoms with Gasteiger partial charge in [0.2, 0.25) is 5.91 Å². The Bertz CT molecular complexity index is 1420. The van der Waals surface area contributed by atoms with Crippen LogP contribution in [0.15, 0.2) is 42.9 Å². The van der Waals surface area contributed by atoms with E-state index in [2.05, 4.69) is 37.2 Å². The molecular formula is C30H42BrN7O7. The number of aromatic nitrogens is 3. The van der Waals surface area contributed by atoms with Gasteiger partial charge in [-0.25, -0.2) is 0 Å². The number of nitrogens with zero attached hydrogens (tertiary/aromatic N) is 3. The summed E-state index contributed by atoms with van der Waals surface area (Å²) in [5.41, 5.74) is 2.20. The molecule has 15 heteroatoms. The maximum absolute atomic E-state index is 13.0. The normalized spacial score (nSPS) is 10.9. The lowest BCUT2D eigenvalue weighted by molar-refractivity contribution is -0.118. The van der Waals surface area contributed by atoms with Crippen LogP contribution in [0.25, 0.3) is 0 Å². The average Bonchev–Trinajstić information content (AvgIpc) is 3.72. The van der Waals surface area contributed by atoms with Crippen molar-refractivity contribution in [3.05, 3.63) is 59.9 Å². The smallest absolute Gasteiger partial charge is 0.272 e. The van der Waals surface area contributed by atoms with E-state index in [-0.39, 0.29) is 23.6 Å². The molecule has 14 nitrogen and oxygen atoms in total. The van der Waals surface area contributed by atoms with Gasteiger partial charge in [0.25, 0.3) is 17.7 Å². The van der Waals surface area contributed by atoms with Crippen LogP contribution in [-0.4, -0.2) is 95.4 Å². The zero-order valence-corrected chi connectivity index (χ0v) is 27.5. The summed E-state index contributed by atoms with van der Waals surface area (Å²) in [7, 11) is 5.22. The number of nitrogens with one attached hydrogen (secondary N) is 4. The quantitative estimate of drug-likeness (QED) is 0.105. The highest BCUT2D eigenvalue weighted by atomic mass is 79.9. The number of hydrogen-bond acceptors (Lipinski definition) is 7. The maximum atomic E-state index is 13.0. The van der Waals surface area contributed by atoms with E-state index in [1.807, 2.05) is 0 Å². The summed E-state index contributed by atoms with van der Waals surface area (Å²) in [6.07, 6.45) is 6.47. The zero-order chi connectivity index (χ0) is 32.6. The van der Waals surface area contributed by atoms with Gasteiger partial charge >= 0.3 is 0 Å². The van der Waals surface area contributed by atoms with E-state index < -0.39 is 0 Å². The largest absolute Gasteiger partial charge is 0.379 e. The molecule has 0 saturated heterocycles. The van der Waals surface area contributed by atoms with Crippen LogP contribution in [0.4, 0.5) is 11.4 Å². The molecular weight excluding hydrogens is 650 g/mol. The van der Waals surface area contributed by atoms with Crippen LogP contribution >= 0.6 is 15.9 Å². The Labute approximate surface area is 270 Å². The summed E-state index contributed by atoms with van der Waals surface area (Å²) in [5.74, 6) is -0.965. The Morgan fingerprint density at radius 1 is 0.667 bits per heavy atom. The molecule has 3 aromatic rings. The molecule has 0 fully saturated rings. The third-order valence-electron chi connectivity index (χ3n) is 6.57. The lowest BCUT2D eigenvalue weighted by Crippen LogP contribution is -2.27. The Balaban J connectivity index is 1.28. The number of alkyl halides is 1. The fourth-order valence-electron chi connectivity index (χ4n) is 4.26.